The van der Waals surface area contributed by atoms with Crippen LogP contribution in [0.15, 0.2) is 18.2 Å². The van der Waals surface area contributed by atoms with E-state index in [1.54, 1.807) is 6.07 Å². The third-order valence-electron chi connectivity index (χ3n) is 4.38. The normalized spacial score (nSPS) is 29.5. The largest absolute Gasteiger partial charge is 0.316 e. The molecule has 4 heteroatoms. The predicted molar refractivity (Wildman–Crippen MR) is 66.2 cm³/mol. The molecule has 0 saturated carbocycles. The van der Waals surface area contributed by atoms with Crippen molar-refractivity contribution in [3.8, 4) is 0 Å². The first-order valence-electron chi connectivity index (χ1n) is 6.55. The van der Waals surface area contributed by atoms with E-state index in [2.05, 4.69) is 10.2 Å². The number of halogens is 2. The summed E-state index contributed by atoms with van der Waals surface area (Å²) in [5.41, 5.74) is 0.601. The summed E-state index contributed by atoms with van der Waals surface area (Å²) in [6, 6.07) is 3.91. The highest BCUT2D eigenvalue weighted by Crippen LogP contribution is 2.33. The fourth-order valence-corrected chi connectivity index (χ4v) is 3.24. The fraction of sp³-hybridized carbons (Fsp3) is 0.571. The summed E-state index contributed by atoms with van der Waals surface area (Å²) < 4.78 is 26.7. The Labute approximate surface area is 106 Å². The van der Waals surface area contributed by atoms with Gasteiger partial charge in [0.2, 0.25) is 0 Å². The first-order chi connectivity index (χ1) is 8.65. The highest BCUT2D eigenvalue weighted by atomic mass is 19.1. The first-order valence-corrected chi connectivity index (χ1v) is 6.55. The molecule has 3 unspecified atom stereocenters. The monoisotopic (exact) mass is 252 g/mol. The molecule has 2 saturated heterocycles. The number of rotatable bonds is 2. The van der Waals surface area contributed by atoms with Crippen molar-refractivity contribution in [2.24, 2.45) is 11.8 Å². The molecular formula is C14H18F2N2. The van der Waals surface area contributed by atoms with Gasteiger partial charge in [-0.15, -0.1) is 0 Å². The van der Waals surface area contributed by atoms with Gasteiger partial charge in [0.1, 0.15) is 11.6 Å². The zero-order chi connectivity index (χ0) is 12.7. The maximum Gasteiger partial charge on any atom is 0.130 e. The molecule has 1 aromatic rings. The van der Waals surface area contributed by atoms with Crippen LogP contribution in [-0.2, 0) is 0 Å². The Bertz CT molecular complexity index is 437. The molecule has 0 radical (unpaired) electrons. The van der Waals surface area contributed by atoms with Gasteiger partial charge in [0, 0.05) is 30.8 Å². The lowest BCUT2D eigenvalue weighted by molar-refractivity contribution is 0.239. The number of hydrogen-bond donors (Lipinski definition) is 1. The van der Waals surface area contributed by atoms with E-state index in [4.69, 9.17) is 0 Å². The van der Waals surface area contributed by atoms with E-state index in [0.717, 1.165) is 32.2 Å². The van der Waals surface area contributed by atoms with Crippen LogP contribution in [0.4, 0.5) is 8.78 Å². The Morgan fingerprint density at radius 3 is 2.50 bits per heavy atom. The van der Waals surface area contributed by atoms with Gasteiger partial charge in [-0.2, -0.15) is 0 Å². The van der Waals surface area contributed by atoms with Crippen molar-refractivity contribution in [1.29, 1.82) is 0 Å². The van der Waals surface area contributed by atoms with E-state index in [-0.39, 0.29) is 6.04 Å². The number of hydrogen-bond acceptors (Lipinski definition) is 2. The third kappa shape index (κ3) is 2.04. The number of nitrogens with one attached hydrogen (secondary N) is 1. The first kappa shape index (κ1) is 12.1. The van der Waals surface area contributed by atoms with Gasteiger partial charge in [-0.25, -0.2) is 8.78 Å². The lowest BCUT2D eigenvalue weighted by Gasteiger charge is -2.25. The molecule has 0 aliphatic carbocycles. The molecule has 2 aliphatic rings. The van der Waals surface area contributed by atoms with E-state index in [9.17, 15) is 8.78 Å². The lowest BCUT2D eigenvalue weighted by atomic mass is 10.0. The second kappa shape index (κ2) is 4.59. The van der Waals surface area contributed by atoms with Gasteiger partial charge in [-0.3, -0.25) is 4.90 Å². The Balaban J connectivity index is 1.76. The zero-order valence-corrected chi connectivity index (χ0v) is 10.5. The van der Waals surface area contributed by atoms with E-state index < -0.39 is 11.6 Å². The minimum absolute atomic E-state index is 0.0243. The van der Waals surface area contributed by atoms with Crippen LogP contribution in [0.1, 0.15) is 18.5 Å². The summed E-state index contributed by atoms with van der Waals surface area (Å²) >= 11 is 0. The topological polar surface area (TPSA) is 15.3 Å². The quantitative estimate of drug-likeness (QED) is 0.868. The zero-order valence-electron chi connectivity index (χ0n) is 10.5. The summed E-state index contributed by atoms with van der Waals surface area (Å²) in [5, 5.41) is 3.39. The highest BCUT2D eigenvalue weighted by molar-refractivity contribution is 5.22. The van der Waals surface area contributed by atoms with Crippen LogP contribution in [0.3, 0.4) is 0 Å². The molecule has 2 fully saturated rings. The molecule has 18 heavy (non-hydrogen) atoms. The third-order valence-corrected chi connectivity index (χ3v) is 4.38. The van der Waals surface area contributed by atoms with Gasteiger partial charge in [0.25, 0.3) is 0 Å². The van der Waals surface area contributed by atoms with Crippen molar-refractivity contribution in [1.82, 2.24) is 10.2 Å². The minimum atomic E-state index is -0.508. The van der Waals surface area contributed by atoms with Gasteiger partial charge in [0.05, 0.1) is 0 Å². The van der Waals surface area contributed by atoms with Crippen molar-refractivity contribution in [3.05, 3.63) is 35.4 Å². The average Bonchev–Trinajstić information content (AvgIpc) is 2.87. The molecule has 2 nitrogen and oxygen atoms in total. The minimum Gasteiger partial charge on any atom is -0.316 e. The Morgan fingerprint density at radius 2 is 1.89 bits per heavy atom. The van der Waals surface area contributed by atoms with Gasteiger partial charge in [0.15, 0.2) is 0 Å². The number of fused-ring (bicyclic) bond motifs is 1. The number of nitrogens with zero attached hydrogens (tertiary/aromatic N) is 1. The molecular weight excluding hydrogens is 234 g/mol. The van der Waals surface area contributed by atoms with Gasteiger partial charge in [-0.05, 0) is 37.9 Å². The van der Waals surface area contributed by atoms with Crippen molar-refractivity contribution >= 4 is 0 Å². The second-order valence-electron chi connectivity index (χ2n) is 5.47. The maximum atomic E-state index is 13.8. The standard InChI is InChI=1S/C14H18F2N2/c1-9(13-3-2-12(15)4-14(13)16)18-7-10-5-17-6-11(10)8-18/h2-4,9-11,17H,5-8H2,1H3. The summed E-state index contributed by atoms with van der Waals surface area (Å²) in [5.74, 6) is 0.440. The smallest absolute Gasteiger partial charge is 0.130 e. The molecule has 98 valence electrons. The molecule has 3 atom stereocenters. The molecule has 0 spiro atoms. The van der Waals surface area contributed by atoms with Crippen LogP contribution in [-0.4, -0.2) is 31.1 Å². The fourth-order valence-electron chi connectivity index (χ4n) is 3.24. The summed E-state index contributed by atoms with van der Waals surface area (Å²) in [4.78, 5) is 2.31. The molecule has 3 rings (SSSR count). The van der Waals surface area contributed by atoms with Crippen molar-refractivity contribution in [2.75, 3.05) is 26.2 Å². The van der Waals surface area contributed by atoms with Gasteiger partial charge < -0.3 is 5.32 Å². The molecule has 2 heterocycles. The van der Waals surface area contributed by atoms with E-state index in [1.165, 1.54) is 6.07 Å². The molecule has 2 aliphatic heterocycles. The van der Waals surface area contributed by atoms with Gasteiger partial charge >= 0.3 is 0 Å². The van der Waals surface area contributed by atoms with Crippen molar-refractivity contribution < 1.29 is 8.78 Å². The van der Waals surface area contributed by atoms with Crippen LogP contribution in [0.5, 0.6) is 0 Å². The highest BCUT2D eigenvalue weighted by Gasteiger charge is 2.38. The molecule has 0 aromatic heterocycles. The SMILES string of the molecule is CC(c1ccc(F)cc1F)N1CC2CNCC2C1. The van der Waals surface area contributed by atoms with Crippen LogP contribution in [0.2, 0.25) is 0 Å². The maximum absolute atomic E-state index is 13.8. The summed E-state index contributed by atoms with van der Waals surface area (Å²) in [6.45, 7) is 6.16. The van der Waals surface area contributed by atoms with Crippen LogP contribution < -0.4 is 5.32 Å². The van der Waals surface area contributed by atoms with Crippen LogP contribution in [0, 0.1) is 23.5 Å². The molecule has 0 bridgehead atoms. The second-order valence-corrected chi connectivity index (χ2v) is 5.47. The van der Waals surface area contributed by atoms with E-state index in [0.29, 0.717) is 17.4 Å². The van der Waals surface area contributed by atoms with Crippen molar-refractivity contribution in [3.63, 3.8) is 0 Å². The average molecular weight is 252 g/mol. The Kier molecular flexibility index (Phi) is 3.08. The van der Waals surface area contributed by atoms with Gasteiger partial charge in [-0.1, -0.05) is 6.07 Å². The Morgan fingerprint density at radius 1 is 1.22 bits per heavy atom. The molecule has 1 aromatic carbocycles. The molecule has 0 amide bonds. The number of likely N-dealkylation sites (tertiary alicyclic amines) is 1. The van der Waals surface area contributed by atoms with Crippen LogP contribution >= 0.6 is 0 Å². The molecule has 1 N–H and O–H groups in total. The predicted octanol–water partition coefficient (Wildman–Crippen LogP) is 2.18. The lowest BCUT2D eigenvalue weighted by Crippen LogP contribution is -2.29. The van der Waals surface area contributed by atoms with E-state index >= 15 is 0 Å². The summed E-state index contributed by atoms with van der Waals surface area (Å²) in [6.07, 6.45) is 0. The van der Waals surface area contributed by atoms with Crippen LogP contribution in [0.25, 0.3) is 0 Å². The summed E-state index contributed by atoms with van der Waals surface area (Å²) in [7, 11) is 0. The van der Waals surface area contributed by atoms with E-state index in [1.807, 2.05) is 6.92 Å². The Hall–Kier alpha value is -1.00. The van der Waals surface area contributed by atoms with Crippen molar-refractivity contribution in [2.45, 2.75) is 13.0 Å². The number of benzene rings is 1.